The van der Waals surface area contributed by atoms with E-state index in [2.05, 4.69) is 47.7 Å². The maximum Gasteiger partial charge on any atom is 0.192 e. The lowest BCUT2D eigenvalue weighted by molar-refractivity contribution is 0.0993. The van der Waals surface area contributed by atoms with E-state index in [-0.39, 0.29) is 16.4 Å². The molecule has 0 saturated heterocycles. The molecule has 0 fully saturated rings. The Balaban J connectivity index is 1.74. The van der Waals surface area contributed by atoms with Gasteiger partial charge in [0, 0.05) is 5.56 Å². The van der Waals surface area contributed by atoms with Gasteiger partial charge >= 0.3 is 0 Å². The molecule has 0 amide bonds. The lowest BCUT2D eigenvalue weighted by Crippen LogP contribution is -2.16. The summed E-state index contributed by atoms with van der Waals surface area (Å²) in [6.45, 7) is 11.1. The summed E-state index contributed by atoms with van der Waals surface area (Å²) in [5.41, 5.74) is 3.22. The van der Waals surface area contributed by atoms with Gasteiger partial charge < -0.3 is 4.57 Å². The molecule has 0 N–H and O–H groups in total. The summed E-state index contributed by atoms with van der Waals surface area (Å²) in [6, 6.07) is 18.2. The number of Topliss-reactive ketones (excluding diaryl/α,β-unsaturated/α-hetero) is 1. The highest BCUT2D eigenvalue weighted by Gasteiger charge is 2.21. The number of rotatable bonds is 6. The zero-order valence-electron chi connectivity index (χ0n) is 17.1. The lowest BCUT2D eigenvalue weighted by Gasteiger charge is -2.19. The van der Waals surface area contributed by atoms with Crippen LogP contribution < -0.4 is 0 Å². The molecular formula is C23H27N3OS. The number of hydrogen-bond donors (Lipinski definition) is 0. The van der Waals surface area contributed by atoms with Gasteiger partial charge in [-0.2, -0.15) is 0 Å². The second kappa shape index (κ2) is 8.31. The molecule has 3 aromatic rings. The zero-order valence-corrected chi connectivity index (χ0v) is 18.0. The van der Waals surface area contributed by atoms with Crippen LogP contribution in [0.25, 0.3) is 0 Å². The lowest BCUT2D eigenvalue weighted by atomic mass is 9.86. The molecule has 3 rings (SSSR count). The van der Waals surface area contributed by atoms with Crippen molar-refractivity contribution >= 4 is 17.5 Å². The Labute approximate surface area is 171 Å². The molecule has 0 aliphatic rings. The van der Waals surface area contributed by atoms with E-state index in [0.717, 1.165) is 16.5 Å². The second-order valence-corrected chi connectivity index (χ2v) is 9.36. The molecule has 1 heterocycles. The molecule has 146 valence electrons. The third kappa shape index (κ3) is 4.71. The van der Waals surface area contributed by atoms with Crippen molar-refractivity contribution in [1.82, 2.24) is 14.8 Å². The minimum absolute atomic E-state index is 0.0767. The summed E-state index contributed by atoms with van der Waals surface area (Å²) in [4.78, 5) is 12.9. The highest BCUT2D eigenvalue weighted by Crippen LogP contribution is 2.27. The topological polar surface area (TPSA) is 47.8 Å². The Morgan fingerprint density at radius 3 is 2.29 bits per heavy atom. The predicted molar refractivity (Wildman–Crippen MR) is 115 cm³/mol. The molecule has 0 saturated carbocycles. The van der Waals surface area contributed by atoms with Crippen molar-refractivity contribution in [3.8, 4) is 0 Å². The van der Waals surface area contributed by atoms with E-state index in [0.29, 0.717) is 6.54 Å². The van der Waals surface area contributed by atoms with E-state index in [1.165, 1.54) is 22.9 Å². The number of ketones is 1. The van der Waals surface area contributed by atoms with E-state index in [1.807, 2.05) is 56.3 Å². The summed E-state index contributed by atoms with van der Waals surface area (Å²) >= 11 is 1.46. The van der Waals surface area contributed by atoms with E-state index in [1.54, 1.807) is 0 Å². The monoisotopic (exact) mass is 393 g/mol. The molecule has 1 unspecified atom stereocenters. The summed E-state index contributed by atoms with van der Waals surface area (Å²) in [6.07, 6.45) is 0. The van der Waals surface area contributed by atoms with E-state index in [4.69, 9.17) is 0 Å². The highest BCUT2D eigenvalue weighted by molar-refractivity contribution is 8.00. The predicted octanol–water partition coefficient (Wildman–Crippen LogP) is 5.30. The maximum atomic E-state index is 12.9. The molecule has 0 aliphatic carbocycles. The van der Waals surface area contributed by atoms with Gasteiger partial charge in [-0.1, -0.05) is 87.1 Å². The van der Waals surface area contributed by atoms with Crippen LogP contribution in [0.2, 0.25) is 0 Å². The SMILES string of the molecule is Cc1nnc(SC(C)C(=O)c2ccc(C(C)(C)C)cc2)n1Cc1ccccc1. The third-order valence-electron chi connectivity index (χ3n) is 4.77. The molecule has 0 spiro atoms. The van der Waals surface area contributed by atoms with Gasteiger partial charge in [-0.3, -0.25) is 4.79 Å². The van der Waals surface area contributed by atoms with E-state index < -0.39 is 0 Å². The van der Waals surface area contributed by atoms with Gasteiger partial charge in [0.2, 0.25) is 0 Å². The minimum Gasteiger partial charge on any atom is -0.302 e. The van der Waals surface area contributed by atoms with Crippen molar-refractivity contribution in [2.75, 3.05) is 0 Å². The molecule has 1 atom stereocenters. The fourth-order valence-electron chi connectivity index (χ4n) is 2.98. The molecule has 0 bridgehead atoms. The first-order valence-electron chi connectivity index (χ1n) is 9.51. The minimum atomic E-state index is -0.237. The van der Waals surface area contributed by atoms with Crippen LogP contribution in [0.3, 0.4) is 0 Å². The molecule has 2 aromatic carbocycles. The van der Waals surface area contributed by atoms with Crippen molar-refractivity contribution in [2.45, 2.75) is 57.0 Å². The Hall–Kier alpha value is -2.40. The van der Waals surface area contributed by atoms with Crippen LogP contribution in [0.15, 0.2) is 59.8 Å². The number of benzene rings is 2. The molecule has 1 aromatic heterocycles. The van der Waals surface area contributed by atoms with Crippen LogP contribution in [0.5, 0.6) is 0 Å². The van der Waals surface area contributed by atoms with Crippen LogP contribution in [0.1, 0.15) is 55.0 Å². The summed E-state index contributed by atoms with van der Waals surface area (Å²) < 4.78 is 2.06. The van der Waals surface area contributed by atoms with Gasteiger partial charge in [0.1, 0.15) is 5.82 Å². The normalized spacial score (nSPS) is 12.8. The quantitative estimate of drug-likeness (QED) is 0.421. The number of carbonyl (C=O) groups excluding carboxylic acids is 1. The van der Waals surface area contributed by atoms with Crippen molar-refractivity contribution in [2.24, 2.45) is 0 Å². The molecular weight excluding hydrogens is 366 g/mol. The zero-order chi connectivity index (χ0) is 20.3. The summed E-state index contributed by atoms with van der Waals surface area (Å²) in [5.74, 6) is 0.956. The Bertz CT molecular complexity index is 940. The fourth-order valence-corrected chi connectivity index (χ4v) is 3.95. The van der Waals surface area contributed by atoms with Crippen molar-refractivity contribution in [3.05, 3.63) is 77.1 Å². The number of hydrogen-bond acceptors (Lipinski definition) is 4. The standard InChI is InChI=1S/C23H27N3OS/c1-16(21(27)19-11-13-20(14-12-19)23(3,4)5)28-22-25-24-17(2)26(22)15-18-9-7-6-8-10-18/h6-14,16H,15H2,1-5H3. The van der Waals surface area contributed by atoms with Crippen molar-refractivity contribution < 1.29 is 4.79 Å². The summed E-state index contributed by atoms with van der Waals surface area (Å²) in [5, 5.41) is 9.05. The summed E-state index contributed by atoms with van der Waals surface area (Å²) in [7, 11) is 0. The van der Waals surface area contributed by atoms with Crippen LogP contribution in [0, 0.1) is 6.92 Å². The number of nitrogens with zero attached hydrogens (tertiary/aromatic N) is 3. The highest BCUT2D eigenvalue weighted by atomic mass is 32.2. The van der Waals surface area contributed by atoms with Crippen molar-refractivity contribution in [1.29, 1.82) is 0 Å². The first-order valence-corrected chi connectivity index (χ1v) is 10.4. The van der Waals surface area contributed by atoms with Gasteiger partial charge in [-0.15, -0.1) is 10.2 Å². The number of aryl methyl sites for hydroxylation is 1. The molecule has 0 aliphatic heterocycles. The van der Waals surface area contributed by atoms with Gasteiger partial charge in [0.05, 0.1) is 11.8 Å². The Morgan fingerprint density at radius 2 is 1.68 bits per heavy atom. The van der Waals surface area contributed by atoms with E-state index >= 15 is 0 Å². The van der Waals surface area contributed by atoms with Crippen molar-refractivity contribution in [3.63, 3.8) is 0 Å². The first kappa shape index (κ1) is 20.3. The first-order chi connectivity index (χ1) is 13.3. The Kier molecular flexibility index (Phi) is 6.04. The number of aromatic nitrogens is 3. The maximum absolute atomic E-state index is 12.9. The van der Waals surface area contributed by atoms with Gasteiger partial charge in [-0.05, 0) is 30.4 Å². The van der Waals surface area contributed by atoms with Crippen LogP contribution in [-0.2, 0) is 12.0 Å². The molecule has 4 nitrogen and oxygen atoms in total. The fraction of sp³-hybridized carbons (Fsp3) is 0.348. The Morgan fingerprint density at radius 1 is 1.04 bits per heavy atom. The smallest absolute Gasteiger partial charge is 0.192 e. The van der Waals surface area contributed by atoms with Gasteiger partial charge in [0.25, 0.3) is 0 Å². The van der Waals surface area contributed by atoms with Crippen LogP contribution >= 0.6 is 11.8 Å². The average Bonchev–Trinajstić information content (AvgIpc) is 3.01. The average molecular weight is 394 g/mol. The molecule has 5 heteroatoms. The molecule has 28 heavy (non-hydrogen) atoms. The van der Waals surface area contributed by atoms with Crippen LogP contribution in [0.4, 0.5) is 0 Å². The van der Waals surface area contributed by atoms with Gasteiger partial charge in [0.15, 0.2) is 10.9 Å². The number of carbonyl (C=O) groups is 1. The molecule has 0 radical (unpaired) electrons. The van der Waals surface area contributed by atoms with E-state index in [9.17, 15) is 4.79 Å². The largest absolute Gasteiger partial charge is 0.302 e. The second-order valence-electron chi connectivity index (χ2n) is 8.05. The van der Waals surface area contributed by atoms with Gasteiger partial charge in [-0.25, -0.2) is 0 Å². The third-order valence-corrected chi connectivity index (χ3v) is 5.85. The number of thioether (sulfide) groups is 1. The van der Waals surface area contributed by atoms with Crippen LogP contribution in [-0.4, -0.2) is 25.8 Å².